The van der Waals surface area contributed by atoms with Gasteiger partial charge in [-0.15, -0.1) is 0 Å². The van der Waals surface area contributed by atoms with E-state index in [0.29, 0.717) is 13.0 Å². The molecule has 0 aromatic carbocycles. The zero-order chi connectivity index (χ0) is 22.7. The monoisotopic (exact) mass is 429 g/mol. The molecule has 0 aromatic rings. The molecule has 1 rings (SSSR count). The Labute approximate surface area is 172 Å². The average molecular weight is 429 g/mol. The van der Waals surface area contributed by atoms with Gasteiger partial charge in [-0.05, 0) is 32.2 Å². The maximum atomic E-state index is 12.4. The van der Waals surface area contributed by atoms with Crippen LogP contribution in [0.4, 0.5) is 0 Å². The number of carboxylic acid groups (broad SMARTS) is 2. The number of amides is 4. The van der Waals surface area contributed by atoms with E-state index in [2.05, 4.69) is 21.3 Å². The summed E-state index contributed by atoms with van der Waals surface area (Å²) in [5.41, 5.74) is 5.09. The standard InChI is InChI=1S/C17H27N5O8/c18-12(23)5-3-10(22-16(28)9-2-1-7-19-9)15(27)20-8-13(24)21-11(17(29)30)4-6-14(25)26/h9-11,19H,1-8H2,(H2,18,23)(H,20,27)(H,21,24)(H,22,28)(H,25,26)(H,29,30). The lowest BCUT2D eigenvalue weighted by Crippen LogP contribution is -2.53. The number of rotatable bonds is 13. The first-order valence-electron chi connectivity index (χ1n) is 9.44. The van der Waals surface area contributed by atoms with Crippen molar-refractivity contribution in [3.63, 3.8) is 0 Å². The van der Waals surface area contributed by atoms with Crippen molar-refractivity contribution in [1.29, 1.82) is 0 Å². The van der Waals surface area contributed by atoms with Crippen molar-refractivity contribution in [2.24, 2.45) is 5.73 Å². The Morgan fingerprint density at radius 1 is 1.00 bits per heavy atom. The Morgan fingerprint density at radius 3 is 2.20 bits per heavy atom. The lowest BCUT2D eigenvalue weighted by molar-refractivity contribution is -0.143. The number of aliphatic carboxylic acids is 2. The molecule has 4 amide bonds. The molecule has 3 unspecified atom stereocenters. The zero-order valence-electron chi connectivity index (χ0n) is 16.3. The fraction of sp³-hybridized carbons (Fsp3) is 0.647. The van der Waals surface area contributed by atoms with Crippen molar-refractivity contribution in [2.75, 3.05) is 13.1 Å². The largest absolute Gasteiger partial charge is 0.481 e. The molecule has 13 nitrogen and oxygen atoms in total. The second-order valence-electron chi connectivity index (χ2n) is 6.82. The SMILES string of the molecule is NC(=O)CCC(NC(=O)C1CCCN1)C(=O)NCC(=O)NC(CCC(=O)O)C(=O)O. The Balaban J connectivity index is 2.60. The Hall–Kier alpha value is -3.22. The van der Waals surface area contributed by atoms with Gasteiger partial charge in [0.25, 0.3) is 0 Å². The van der Waals surface area contributed by atoms with Gasteiger partial charge in [0.1, 0.15) is 12.1 Å². The van der Waals surface area contributed by atoms with Crippen molar-refractivity contribution in [3.8, 4) is 0 Å². The molecule has 0 aromatic heterocycles. The minimum Gasteiger partial charge on any atom is -0.481 e. The molecule has 0 bridgehead atoms. The second kappa shape index (κ2) is 12.4. The summed E-state index contributed by atoms with van der Waals surface area (Å²) in [7, 11) is 0. The summed E-state index contributed by atoms with van der Waals surface area (Å²) in [5, 5.41) is 27.5. The van der Waals surface area contributed by atoms with Gasteiger partial charge in [-0.1, -0.05) is 0 Å². The first kappa shape index (κ1) is 24.8. The van der Waals surface area contributed by atoms with E-state index < -0.39 is 66.7 Å². The maximum absolute atomic E-state index is 12.4. The molecule has 0 aliphatic carbocycles. The van der Waals surface area contributed by atoms with Crippen LogP contribution in [0.15, 0.2) is 0 Å². The number of hydrogen-bond acceptors (Lipinski definition) is 7. The molecule has 3 atom stereocenters. The summed E-state index contributed by atoms with van der Waals surface area (Å²) >= 11 is 0. The van der Waals surface area contributed by atoms with E-state index in [0.717, 1.165) is 6.42 Å². The van der Waals surface area contributed by atoms with Crippen LogP contribution in [0.3, 0.4) is 0 Å². The number of nitrogens with two attached hydrogens (primary N) is 1. The molecule has 30 heavy (non-hydrogen) atoms. The van der Waals surface area contributed by atoms with Gasteiger partial charge in [-0.3, -0.25) is 24.0 Å². The topological polar surface area (TPSA) is 217 Å². The number of hydrogen-bond donors (Lipinski definition) is 7. The minimum atomic E-state index is -1.43. The molecule has 1 fully saturated rings. The highest BCUT2D eigenvalue weighted by Crippen LogP contribution is 2.06. The highest BCUT2D eigenvalue weighted by Gasteiger charge is 2.28. The number of carbonyl (C=O) groups excluding carboxylic acids is 4. The number of primary amides is 1. The first-order valence-corrected chi connectivity index (χ1v) is 9.44. The molecule has 168 valence electrons. The Bertz CT molecular complexity index is 677. The van der Waals surface area contributed by atoms with Gasteiger partial charge in [-0.2, -0.15) is 0 Å². The summed E-state index contributed by atoms with van der Waals surface area (Å²) in [6, 6.07) is -2.99. The molecule has 0 saturated carbocycles. The van der Waals surface area contributed by atoms with E-state index in [1.165, 1.54) is 0 Å². The molecule has 1 aliphatic heterocycles. The third kappa shape index (κ3) is 9.32. The van der Waals surface area contributed by atoms with Crippen molar-refractivity contribution in [2.45, 2.75) is 56.7 Å². The van der Waals surface area contributed by atoms with E-state index in [9.17, 15) is 28.8 Å². The number of carboxylic acids is 2. The normalized spacial score (nSPS) is 17.4. The van der Waals surface area contributed by atoms with Gasteiger partial charge in [-0.25, -0.2) is 4.79 Å². The fourth-order valence-corrected chi connectivity index (χ4v) is 2.80. The van der Waals surface area contributed by atoms with E-state index in [4.69, 9.17) is 15.9 Å². The Morgan fingerprint density at radius 2 is 1.67 bits per heavy atom. The lowest BCUT2D eigenvalue weighted by Gasteiger charge is -2.20. The highest BCUT2D eigenvalue weighted by molar-refractivity contribution is 5.93. The van der Waals surface area contributed by atoms with Gasteiger partial charge < -0.3 is 37.2 Å². The fourth-order valence-electron chi connectivity index (χ4n) is 2.80. The highest BCUT2D eigenvalue weighted by atomic mass is 16.4. The number of carbonyl (C=O) groups is 6. The molecule has 0 radical (unpaired) electrons. The van der Waals surface area contributed by atoms with Crippen LogP contribution in [0.1, 0.15) is 38.5 Å². The van der Waals surface area contributed by atoms with Crippen LogP contribution in [0.25, 0.3) is 0 Å². The van der Waals surface area contributed by atoms with Crippen molar-refractivity contribution in [1.82, 2.24) is 21.3 Å². The molecule has 0 spiro atoms. The summed E-state index contributed by atoms with van der Waals surface area (Å²) < 4.78 is 0. The van der Waals surface area contributed by atoms with E-state index in [-0.39, 0.29) is 19.3 Å². The van der Waals surface area contributed by atoms with Crippen LogP contribution >= 0.6 is 0 Å². The summed E-state index contributed by atoms with van der Waals surface area (Å²) in [6.45, 7) is 0.0728. The first-order chi connectivity index (χ1) is 14.1. The van der Waals surface area contributed by atoms with Crippen molar-refractivity contribution < 1.29 is 39.0 Å². The average Bonchev–Trinajstić information content (AvgIpc) is 3.20. The van der Waals surface area contributed by atoms with Crippen molar-refractivity contribution >= 4 is 35.6 Å². The third-order valence-corrected chi connectivity index (χ3v) is 4.39. The van der Waals surface area contributed by atoms with E-state index in [1.807, 2.05) is 0 Å². The molecule has 1 saturated heterocycles. The van der Waals surface area contributed by atoms with Crippen LogP contribution in [-0.4, -0.2) is 77.0 Å². The molecular weight excluding hydrogens is 402 g/mol. The summed E-state index contributed by atoms with van der Waals surface area (Å²) in [5.74, 6) is -5.29. The molecule has 8 N–H and O–H groups in total. The van der Waals surface area contributed by atoms with Crippen LogP contribution < -0.4 is 27.0 Å². The minimum absolute atomic E-state index is 0.0718. The van der Waals surface area contributed by atoms with Gasteiger partial charge >= 0.3 is 11.9 Å². The van der Waals surface area contributed by atoms with Gasteiger partial charge in [0.05, 0.1) is 12.6 Å². The maximum Gasteiger partial charge on any atom is 0.326 e. The zero-order valence-corrected chi connectivity index (χ0v) is 16.3. The number of nitrogens with one attached hydrogen (secondary N) is 4. The van der Waals surface area contributed by atoms with Gasteiger partial charge in [0.2, 0.25) is 23.6 Å². The predicted molar refractivity (Wildman–Crippen MR) is 101 cm³/mol. The smallest absolute Gasteiger partial charge is 0.326 e. The quantitative estimate of drug-likeness (QED) is 0.159. The van der Waals surface area contributed by atoms with Crippen LogP contribution in [0, 0.1) is 0 Å². The van der Waals surface area contributed by atoms with Gasteiger partial charge in [0.15, 0.2) is 0 Å². The summed E-state index contributed by atoms with van der Waals surface area (Å²) in [4.78, 5) is 69.2. The van der Waals surface area contributed by atoms with Crippen LogP contribution in [-0.2, 0) is 28.8 Å². The van der Waals surface area contributed by atoms with Crippen LogP contribution in [0.5, 0.6) is 0 Å². The predicted octanol–water partition coefficient (Wildman–Crippen LogP) is -2.96. The van der Waals surface area contributed by atoms with Crippen molar-refractivity contribution in [3.05, 3.63) is 0 Å². The molecular formula is C17H27N5O8. The summed E-state index contributed by atoms with van der Waals surface area (Å²) in [6.07, 6.45) is 0.390. The van der Waals surface area contributed by atoms with E-state index >= 15 is 0 Å². The molecule has 1 heterocycles. The van der Waals surface area contributed by atoms with Gasteiger partial charge in [0, 0.05) is 12.8 Å². The third-order valence-electron chi connectivity index (χ3n) is 4.39. The lowest BCUT2D eigenvalue weighted by atomic mass is 10.1. The second-order valence-corrected chi connectivity index (χ2v) is 6.82. The Kier molecular flexibility index (Phi) is 10.2. The van der Waals surface area contributed by atoms with Crippen LogP contribution in [0.2, 0.25) is 0 Å². The molecule has 1 aliphatic rings. The molecule has 13 heteroatoms. The van der Waals surface area contributed by atoms with E-state index in [1.54, 1.807) is 0 Å².